The van der Waals surface area contributed by atoms with Crippen molar-refractivity contribution in [3.8, 4) is 5.75 Å². The SMILES string of the molecule is COC(=O)c1sc2nc(/C(Cl)=C/c3cccc(O)c3)[nH]c(=O)c2c1C. The summed E-state index contributed by atoms with van der Waals surface area (Å²) in [5.41, 5.74) is 0.803. The molecule has 0 bridgehead atoms. The van der Waals surface area contributed by atoms with Gasteiger partial charge >= 0.3 is 5.97 Å². The lowest BCUT2D eigenvalue weighted by Crippen LogP contribution is -2.10. The van der Waals surface area contributed by atoms with E-state index in [1.165, 1.54) is 13.2 Å². The highest BCUT2D eigenvalue weighted by Gasteiger charge is 2.20. The van der Waals surface area contributed by atoms with Crippen molar-refractivity contribution in [3.05, 3.63) is 56.4 Å². The van der Waals surface area contributed by atoms with Crippen molar-refractivity contribution in [1.29, 1.82) is 0 Å². The largest absolute Gasteiger partial charge is 0.508 e. The molecule has 0 atom stereocenters. The average molecular weight is 377 g/mol. The van der Waals surface area contributed by atoms with Crippen molar-refractivity contribution in [2.24, 2.45) is 0 Å². The molecule has 2 N–H and O–H groups in total. The van der Waals surface area contributed by atoms with Gasteiger partial charge in [-0.2, -0.15) is 0 Å². The molecule has 2 heterocycles. The molecule has 0 aliphatic rings. The Hall–Kier alpha value is -2.64. The van der Waals surface area contributed by atoms with Gasteiger partial charge in [-0.1, -0.05) is 23.7 Å². The van der Waals surface area contributed by atoms with E-state index < -0.39 is 5.97 Å². The Morgan fingerprint density at radius 3 is 2.88 bits per heavy atom. The van der Waals surface area contributed by atoms with E-state index in [9.17, 15) is 14.7 Å². The Morgan fingerprint density at radius 2 is 2.20 bits per heavy atom. The second kappa shape index (κ2) is 6.70. The summed E-state index contributed by atoms with van der Waals surface area (Å²) in [5, 5.41) is 10.1. The Balaban J connectivity index is 2.12. The molecule has 0 radical (unpaired) electrons. The number of carbonyl (C=O) groups is 1. The zero-order valence-corrected chi connectivity index (χ0v) is 14.9. The lowest BCUT2D eigenvalue weighted by Gasteiger charge is -2.01. The number of benzene rings is 1. The van der Waals surface area contributed by atoms with E-state index in [2.05, 4.69) is 9.97 Å². The number of halogens is 1. The summed E-state index contributed by atoms with van der Waals surface area (Å²) in [4.78, 5) is 31.9. The summed E-state index contributed by atoms with van der Waals surface area (Å²) in [6.45, 7) is 1.67. The number of H-pyrrole nitrogens is 1. The van der Waals surface area contributed by atoms with Gasteiger partial charge in [0, 0.05) is 0 Å². The van der Waals surface area contributed by atoms with Crippen LogP contribution in [0, 0.1) is 6.92 Å². The summed E-state index contributed by atoms with van der Waals surface area (Å²) in [7, 11) is 1.28. The Bertz CT molecular complexity index is 1070. The summed E-state index contributed by atoms with van der Waals surface area (Å²) in [5.74, 6) is -0.227. The van der Waals surface area contributed by atoms with Gasteiger partial charge in [0.1, 0.15) is 15.5 Å². The van der Waals surface area contributed by atoms with Crippen molar-refractivity contribution in [2.45, 2.75) is 6.92 Å². The minimum Gasteiger partial charge on any atom is -0.508 e. The number of aromatic nitrogens is 2. The van der Waals surface area contributed by atoms with Gasteiger partial charge in [0.15, 0.2) is 5.82 Å². The van der Waals surface area contributed by atoms with Crippen LogP contribution in [-0.2, 0) is 4.74 Å². The molecule has 0 fully saturated rings. The number of phenolic OH excluding ortho intramolecular Hbond substituents is 1. The zero-order chi connectivity index (χ0) is 18.1. The maximum atomic E-state index is 12.4. The first-order valence-corrected chi connectivity index (χ1v) is 8.38. The summed E-state index contributed by atoms with van der Waals surface area (Å²) >= 11 is 7.34. The number of aryl methyl sites for hydroxylation is 1. The van der Waals surface area contributed by atoms with Crippen molar-refractivity contribution in [2.75, 3.05) is 7.11 Å². The highest BCUT2D eigenvalue weighted by Crippen LogP contribution is 2.29. The first-order valence-electron chi connectivity index (χ1n) is 7.19. The minimum absolute atomic E-state index is 0.103. The number of hydrogen-bond acceptors (Lipinski definition) is 6. The lowest BCUT2D eigenvalue weighted by atomic mass is 10.2. The smallest absolute Gasteiger partial charge is 0.348 e. The lowest BCUT2D eigenvalue weighted by molar-refractivity contribution is 0.0605. The summed E-state index contributed by atoms with van der Waals surface area (Å²) in [6.07, 6.45) is 1.58. The normalized spacial score (nSPS) is 11.7. The fraction of sp³-hybridized carbons (Fsp3) is 0.118. The number of carbonyl (C=O) groups excluding carboxylic acids is 1. The van der Waals surface area contributed by atoms with Crippen LogP contribution in [0.2, 0.25) is 0 Å². The van der Waals surface area contributed by atoms with E-state index in [-0.39, 0.29) is 22.2 Å². The zero-order valence-electron chi connectivity index (χ0n) is 13.3. The number of aromatic hydroxyl groups is 1. The third-order valence-electron chi connectivity index (χ3n) is 3.56. The third-order valence-corrected chi connectivity index (χ3v) is 5.02. The molecule has 128 valence electrons. The monoisotopic (exact) mass is 376 g/mol. The highest BCUT2D eigenvalue weighted by atomic mass is 35.5. The molecule has 3 aromatic rings. The molecule has 25 heavy (non-hydrogen) atoms. The molecule has 0 saturated heterocycles. The van der Waals surface area contributed by atoms with Crippen molar-refractivity contribution < 1.29 is 14.6 Å². The van der Waals surface area contributed by atoms with Gasteiger partial charge in [0.05, 0.1) is 17.5 Å². The third kappa shape index (κ3) is 3.29. The molecular formula is C17H13ClN2O4S. The fourth-order valence-corrected chi connectivity index (χ4v) is 3.69. The second-order valence-corrected chi connectivity index (χ2v) is 6.64. The molecular weight excluding hydrogens is 364 g/mol. The molecule has 1 aromatic carbocycles. The van der Waals surface area contributed by atoms with Crippen LogP contribution in [0.3, 0.4) is 0 Å². The molecule has 6 nitrogen and oxygen atoms in total. The Kier molecular flexibility index (Phi) is 4.61. The van der Waals surface area contributed by atoms with Crippen LogP contribution in [0.25, 0.3) is 21.3 Å². The van der Waals surface area contributed by atoms with E-state index in [1.807, 2.05) is 0 Å². The number of aromatic amines is 1. The minimum atomic E-state index is -0.511. The number of methoxy groups -OCH3 is 1. The predicted molar refractivity (Wildman–Crippen MR) is 98.1 cm³/mol. The van der Waals surface area contributed by atoms with Crippen LogP contribution in [-0.4, -0.2) is 28.2 Å². The van der Waals surface area contributed by atoms with Crippen molar-refractivity contribution in [1.82, 2.24) is 9.97 Å². The maximum absolute atomic E-state index is 12.4. The molecule has 8 heteroatoms. The molecule has 0 aliphatic heterocycles. The first kappa shape index (κ1) is 17.2. The number of nitrogens with zero attached hydrogens (tertiary/aromatic N) is 1. The molecule has 0 amide bonds. The first-order chi connectivity index (χ1) is 11.9. The Morgan fingerprint density at radius 1 is 1.44 bits per heavy atom. The number of hydrogen-bond donors (Lipinski definition) is 2. The molecule has 0 saturated carbocycles. The van der Waals surface area contributed by atoms with Crippen LogP contribution in [0.1, 0.15) is 26.6 Å². The van der Waals surface area contributed by atoms with E-state index in [1.54, 1.807) is 31.2 Å². The van der Waals surface area contributed by atoms with Crippen LogP contribution in [0.5, 0.6) is 5.75 Å². The molecule has 2 aromatic heterocycles. The summed E-state index contributed by atoms with van der Waals surface area (Å²) in [6, 6.07) is 6.50. The number of thiophene rings is 1. The fourth-order valence-electron chi connectivity index (χ4n) is 2.37. The van der Waals surface area contributed by atoms with Gasteiger partial charge in [-0.25, -0.2) is 9.78 Å². The van der Waals surface area contributed by atoms with Gasteiger partial charge < -0.3 is 14.8 Å². The number of rotatable bonds is 3. The number of ether oxygens (including phenoxy) is 1. The molecule has 0 aliphatic carbocycles. The van der Waals surface area contributed by atoms with Gasteiger partial charge in [0.25, 0.3) is 5.56 Å². The second-order valence-electron chi connectivity index (χ2n) is 5.23. The van der Waals surface area contributed by atoms with Crippen LogP contribution in [0.15, 0.2) is 29.1 Å². The highest BCUT2D eigenvalue weighted by molar-refractivity contribution is 7.20. The van der Waals surface area contributed by atoms with Crippen molar-refractivity contribution >= 4 is 50.2 Å². The number of fused-ring (bicyclic) bond motifs is 1. The van der Waals surface area contributed by atoms with Crippen LogP contribution in [0.4, 0.5) is 0 Å². The average Bonchev–Trinajstić information content (AvgIpc) is 2.91. The van der Waals surface area contributed by atoms with Gasteiger partial charge in [-0.05, 0) is 36.3 Å². The van der Waals surface area contributed by atoms with E-state index in [4.69, 9.17) is 16.3 Å². The quantitative estimate of drug-likeness (QED) is 0.682. The predicted octanol–water partition coefficient (Wildman–Crippen LogP) is 3.52. The van der Waals surface area contributed by atoms with E-state index in [0.717, 1.165) is 11.3 Å². The Labute approximate surface area is 151 Å². The molecule has 0 unspecified atom stereocenters. The summed E-state index contributed by atoms with van der Waals surface area (Å²) < 4.78 is 4.72. The van der Waals surface area contributed by atoms with Gasteiger partial charge in [-0.3, -0.25) is 4.79 Å². The number of nitrogens with one attached hydrogen (secondary N) is 1. The number of phenols is 1. The van der Waals surface area contributed by atoms with E-state index >= 15 is 0 Å². The van der Waals surface area contributed by atoms with Gasteiger partial charge in [0.2, 0.25) is 0 Å². The van der Waals surface area contributed by atoms with Crippen molar-refractivity contribution in [3.63, 3.8) is 0 Å². The topological polar surface area (TPSA) is 92.3 Å². The van der Waals surface area contributed by atoms with E-state index in [0.29, 0.717) is 26.2 Å². The van der Waals surface area contributed by atoms with Crippen LogP contribution >= 0.6 is 22.9 Å². The molecule has 0 spiro atoms. The van der Waals surface area contributed by atoms with Crippen LogP contribution < -0.4 is 5.56 Å². The standard InChI is InChI=1S/C17H13ClN2O4S/c1-8-12-15(22)19-14(20-16(12)25-13(8)17(23)24-2)11(18)7-9-4-3-5-10(21)6-9/h3-7,21H,1-2H3,(H,19,20,22)/b11-7-. The molecule has 3 rings (SSSR count). The maximum Gasteiger partial charge on any atom is 0.348 e. The number of esters is 1. The van der Waals surface area contributed by atoms with Gasteiger partial charge in [-0.15, -0.1) is 11.3 Å².